The molecule has 108 valence electrons. The number of hydrogen-bond acceptors (Lipinski definition) is 3. The molecular formula is C14H24N2O3. The van der Waals surface area contributed by atoms with E-state index in [-0.39, 0.29) is 30.4 Å². The lowest BCUT2D eigenvalue weighted by molar-refractivity contribution is -0.148. The molecule has 2 amide bonds. The van der Waals surface area contributed by atoms with Crippen LogP contribution in [0.3, 0.4) is 0 Å². The van der Waals surface area contributed by atoms with Crippen molar-refractivity contribution >= 4 is 11.8 Å². The van der Waals surface area contributed by atoms with Crippen LogP contribution in [0.2, 0.25) is 0 Å². The summed E-state index contributed by atoms with van der Waals surface area (Å²) in [4.78, 5) is 27.9. The van der Waals surface area contributed by atoms with E-state index in [0.717, 1.165) is 38.8 Å². The maximum Gasteiger partial charge on any atom is 0.241 e. The quantitative estimate of drug-likeness (QED) is 0.747. The summed E-state index contributed by atoms with van der Waals surface area (Å²) in [5.41, 5.74) is 0. The Morgan fingerprint density at radius 3 is 2.89 bits per heavy atom. The zero-order chi connectivity index (χ0) is 13.8. The van der Waals surface area contributed by atoms with Crippen LogP contribution in [0.5, 0.6) is 0 Å². The van der Waals surface area contributed by atoms with Crippen LogP contribution in [0.1, 0.15) is 32.6 Å². The highest BCUT2D eigenvalue weighted by atomic mass is 16.5. The third-order valence-corrected chi connectivity index (χ3v) is 4.14. The molecule has 19 heavy (non-hydrogen) atoms. The van der Waals surface area contributed by atoms with Gasteiger partial charge in [-0.2, -0.15) is 0 Å². The van der Waals surface area contributed by atoms with Gasteiger partial charge in [0.15, 0.2) is 0 Å². The molecule has 0 aromatic rings. The Kier molecular flexibility index (Phi) is 4.80. The van der Waals surface area contributed by atoms with Gasteiger partial charge < -0.3 is 14.5 Å². The van der Waals surface area contributed by atoms with Gasteiger partial charge in [0.1, 0.15) is 0 Å². The molecule has 0 unspecified atom stereocenters. The summed E-state index contributed by atoms with van der Waals surface area (Å²) >= 11 is 0. The number of ether oxygens (including phenoxy) is 1. The van der Waals surface area contributed by atoms with Crippen molar-refractivity contribution in [3.05, 3.63) is 0 Å². The highest BCUT2D eigenvalue weighted by Gasteiger charge is 2.35. The zero-order valence-corrected chi connectivity index (χ0v) is 11.9. The van der Waals surface area contributed by atoms with Gasteiger partial charge in [-0.3, -0.25) is 9.59 Å². The standard InChI is InChI=1S/C14H24N2O3/c1-3-12-11(6-4-9-19-12)14(18)16-8-5-7-15(2)13(17)10-16/h11-12H,3-10H2,1-2H3/t11-,12-/m0/s1. The topological polar surface area (TPSA) is 49.9 Å². The van der Waals surface area contributed by atoms with Crippen LogP contribution in [0, 0.1) is 5.92 Å². The number of carbonyl (C=O) groups excluding carboxylic acids is 2. The van der Waals surface area contributed by atoms with Crippen LogP contribution in [0.4, 0.5) is 0 Å². The third kappa shape index (κ3) is 3.26. The molecule has 0 saturated carbocycles. The molecule has 2 rings (SSSR count). The molecule has 0 aromatic heterocycles. The maximum atomic E-state index is 12.6. The Morgan fingerprint density at radius 1 is 1.37 bits per heavy atom. The molecule has 0 N–H and O–H groups in total. The SMILES string of the molecule is CC[C@@H]1OCCC[C@@H]1C(=O)N1CCCN(C)C(=O)C1. The van der Waals surface area contributed by atoms with Crippen molar-refractivity contribution in [2.45, 2.75) is 38.7 Å². The van der Waals surface area contributed by atoms with Crippen LogP contribution in [-0.4, -0.2) is 61.0 Å². The van der Waals surface area contributed by atoms with Crippen LogP contribution < -0.4 is 0 Å². The van der Waals surface area contributed by atoms with Gasteiger partial charge in [-0.05, 0) is 25.7 Å². The van der Waals surface area contributed by atoms with E-state index in [1.54, 1.807) is 16.8 Å². The van der Waals surface area contributed by atoms with E-state index < -0.39 is 0 Å². The average molecular weight is 268 g/mol. The Morgan fingerprint density at radius 2 is 2.16 bits per heavy atom. The molecule has 2 aliphatic rings. The fraction of sp³-hybridized carbons (Fsp3) is 0.857. The van der Waals surface area contributed by atoms with Crippen LogP contribution >= 0.6 is 0 Å². The van der Waals surface area contributed by atoms with Crippen molar-refractivity contribution in [2.75, 3.05) is 33.3 Å². The number of nitrogens with zero attached hydrogens (tertiary/aromatic N) is 2. The minimum absolute atomic E-state index is 0.0253. The Bertz CT molecular complexity index is 346. The van der Waals surface area contributed by atoms with Gasteiger partial charge in [0.25, 0.3) is 0 Å². The first-order chi connectivity index (χ1) is 9.13. The van der Waals surface area contributed by atoms with Crippen molar-refractivity contribution in [1.82, 2.24) is 9.80 Å². The number of rotatable bonds is 2. The lowest BCUT2D eigenvalue weighted by Gasteiger charge is -2.33. The third-order valence-electron chi connectivity index (χ3n) is 4.14. The van der Waals surface area contributed by atoms with Crippen LogP contribution in [0.25, 0.3) is 0 Å². The smallest absolute Gasteiger partial charge is 0.241 e. The molecule has 5 nitrogen and oxygen atoms in total. The van der Waals surface area contributed by atoms with Crippen LogP contribution in [0.15, 0.2) is 0 Å². The van der Waals surface area contributed by atoms with Crippen LogP contribution in [-0.2, 0) is 14.3 Å². The second-order valence-corrected chi connectivity index (χ2v) is 5.49. The minimum Gasteiger partial charge on any atom is -0.377 e. The van der Waals surface area contributed by atoms with E-state index in [9.17, 15) is 9.59 Å². The summed E-state index contributed by atoms with van der Waals surface area (Å²) in [6, 6.07) is 0. The summed E-state index contributed by atoms with van der Waals surface area (Å²) in [5, 5.41) is 0. The number of hydrogen-bond donors (Lipinski definition) is 0. The molecule has 0 radical (unpaired) electrons. The molecule has 0 spiro atoms. The normalized spacial score (nSPS) is 29.3. The lowest BCUT2D eigenvalue weighted by Crippen LogP contribution is -2.46. The van der Waals surface area contributed by atoms with Crippen molar-refractivity contribution < 1.29 is 14.3 Å². The van der Waals surface area contributed by atoms with Gasteiger partial charge in [0.2, 0.25) is 11.8 Å². The van der Waals surface area contributed by atoms with E-state index in [1.807, 2.05) is 0 Å². The molecule has 2 saturated heterocycles. The molecule has 5 heteroatoms. The monoisotopic (exact) mass is 268 g/mol. The van der Waals surface area contributed by atoms with Gasteiger partial charge in [-0.1, -0.05) is 6.92 Å². The summed E-state index contributed by atoms with van der Waals surface area (Å²) < 4.78 is 5.69. The minimum atomic E-state index is -0.0602. The van der Waals surface area contributed by atoms with Crippen molar-refractivity contribution in [2.24, 2.45) is 5.92 Å². The van der Waals surface area contributed by atoms with E-state index in [4.69, 9.17) is 4.74 Å². The maximum absolute atomic E-state index is 12.6. The Balaban J connectivity index is 2.03. The average Bonchev–Trinajstić information content (AvgIpc) is 2.60. The molecule has 2 aliphatic heterocycles. The van der Waals surface area contributed by atoms with Gasteiger partial charge in [-0.25, -0.2) is 0 Å². The van der Waals surface area contributed by atoms with Gasteiger partial charge in [0.05, 0.1) is 18.6 Å². The Labute approximate surface area is 114 Å². The summed E-state index contributed by atoms with van der Waals surface area (Å²) in [5.74, 6) is 0.0841. The highest BCUT2D eigenvalue weighted by molar-refractivity contribution is 5.86. The fourth-order valence-corrected chi connectivity index (χ4v) is 2.93. The second-order valence-electron chi connectivity index (χ2n) is 5.49. The predicted molar refractivity (Wildman–Crippen MR) is 71.6 cm³/mol. The van der Waals surface area contributed by atoms with E-state index >= 15 is 0 Å². The van der Waals surface area contributed by atoms with Crippen molar-refractivity contribution in [1.29, 1.82) is 0 Å². The largest absolute Gasteiger partial charge is 0.377 e. The number of carbonyl (C=O) groups is 2. The first-order valence-corrected chi connectivity index (χ1v) is 7.27. The molecule has 0 aliphatic carbocycles. The van der Waals surface area contributed by atoms with E-state index in [2.05, 4.69) is 6.92 Å². The first-order valence-electron chi connectivity index (χ1n) is 7.27. The lowest BCUT2D eigenvalue weighted by atomic mass is 9.91. The summed E-state index contributed by atoms with van der Waals surface area (Å²) in [7, 11) is 1.80. The summed E-state index contributed by atoms with van der Waals surface area (Å²) in [6.45, 7) is 4.45. The molecule has 0 bridgehead atoms. The van der Waals surface area contributed by atoms with Gasteiger partial charge in [0, 0.05) is 26.7 Å². The van der Waals surface area contributed by atoms with Gasteiger partial charge >= 0.3 is 0 Å². The molecule has 2 fully saturated rings. The fourth-order valence-electron chi connectivity index (χ4n) is 2.93. The number of amides is 2. The first kappa shape index (κ1) is 14.3. The molecular weight excluding hydrogens is 244 g/mol. The van der Waals surface area contributed by atoms with Crippen molar-refractivity contribution in [3.63, 3.8) is 0 Å². The zero-order valence-electron chi connectivity index (χ0n) is 11.9. The summed E-state index contributed by atoms with van der Waals surface area (Å²) in [6.07, 6.45) is 3.57. The van der Waals surface area contributed by atoms with E-state index in [0.29, 0.717) is 6.54 Å². The highest BCUT2D eigenvalue weighted by Crippen LogP contribution is 2.25. The number of likely N-dealkylation sites (N-methyl/N-ethyl adjacent to an activating group) is 1. The molecule has 2 atom stereocenters. The second kappa shape index (κ2) is 6.37. The predicted octanol–water partition coefficient (Wildman–Crippen LogP) is 0.882. The van der Waals surface area contributed by atoms with E-state index in [1.165, 1.54) is 0 Å². The Hall–Kier alpha value is -1.10. The van der Waals surface area contributed by atoms with Gasteiger partial charge in [-0.15, -0.1) is 0 Å². The molecule has 2 heterocycles. The van der Waals surface area contributed by atoms with Crippen molar-refractivity contribution in [3.8, 4) is 0 Å². The molecule has 0 aromatic carbocycles.